The van der Waals surface area contributed by atoms with E-state index in [4.69, 9.17) is 37.9 Å². The van der Waals surface area contributed by atoms with Gasteiger partial charge in [0.2, 0.25) is 17.7 Å². The van der Waals surface area contributed by atoms with Crippen LogP contribution in [0.1, 0.15) is 27.7 Å². The smallest absolute Gasteiger partial charge is 0.217 e. The quantitative estimate of drug-likeness (QED) is 0.0572. The number of aliphatic hydroxyl groups is 14. The summed E-state index contributed by atoms with van der Waals surface area (Å²) >= 11 is 0. The monoisotopic (exact) mass is 937 g/mol. The highest BCUT2D eigenvalue weighted by Gasteiger charge is 2.56. The summed E-state index contributed by atoms with van der Waals surface area (Å²) in [6.07, 6.45) is -38.0. The molecule has 28 nitrogen and oxygen atoms in total. The Hall–Kier alpha value is -2.47. The number of nitrogens with one attached hydrogen (secondary N) is 3. The van der Waals surface area contributed by atoms with Crippen LogP contribution in [0.5, 0.6) is 0 Å². The van der Waals surface area contributed by atoms with Crippen LogP contribution >= 0.6 is 0 Å². The molecule has 0 radical (unpaired) electrons. The molecule has 0 spiro atoms. The molecule has 0 aliphatic carbocycles. The van der Waals surface area contributed by atoms with E-state index in [-0.39, 0.29) is 0 Å². The van der Waals surface area contributed by atoms with Gasteiger partial charge in [-0.2, -0.15) is 0 Å². The fraction of sp³-hybridized carbons (Fsp3) is 0.917. The zero-order chi connectivity index (χ0) is 47.9. The van der Waals surface area contributed by atoms with Gasteiger partial charge >= 0.3 is 0 Å². The number of aliphatic hydroxyl groups excluding tert-OH is 14. The molecular weight excluding hydrogens is 874 g/mol. The third-order valence-electron chi connectivity index (χ3n) is 11.1. The average molecular weight is 938 g/mol. The van der Waals surface area contributed by atoms with Crippen molar-refractivity contribution >= 4 is 17.7 Å². The van der Waals surface area contributed by atoms with Gasteiger partial charge in [-0.05, 0) is 6.92 Å². The highest BCUT2D eigenvalue weighted by Crippen LogP contribution is 2.34. The number of carbonyl (C=O) groups is 3. The van der Waals surface area contributed by atoms with Crippen molar-refractivity contribution in [2.45, 2.75) is 175 Å². The Labute approximate surface area is 365 Å². The van der Waals surface area contributed by atoms with Crippen molar-refractivity contribution in [3.63, 3.8) is 0 Å². The standard InChI is InChI=1S/C36H63N3O25/c1-10-21(48)26(53)28(55)35(58-10)63-31-18(8-43)61-33(20(39-13(4)46)32(31)64-34-19(38-12(3)45)25(52)23(50)16(6-41)59-34)57-9-15(47)22(49)30(14(5-40)37-11(2)44)62-36-29(56)27(54)24(51)17(7-42)60-36/h10,14-36,40-43,47-56H,5-9H2,1-4H3,(H,37,44)(H,38,45)(H,39,46)/t10-,14+,15-,16-,17-,18-,19-,20-,21+,22+,23-,24+,25-,26+,27+,28-,29-,30-,31-,32-,33-,34+,35-,36+/m1/s1. The Morgan fingerprint density at radius 3 is 1.61 bits per heavy atom. The first kappa shape index (κ1) is 54.1. The fourth-order valence-corrected chi connectivity index (χ4v) is 7.68. The Kier molecular flexibility index (Phi) is 20.3. The van der Waals surface area contributed by atoms with Crippen molar-refractivity contribution in [1.82, 2.24) is 16.0 Å². The first-order chi connectivity index (χ1) is 30.1. The molecule has 0 aromatic heterocycles. The molecule has 4 aliphatic rings. The van der Waals surface area contributed by atoms with Crippen molar-refractivity contribution < 1.29 is 124 Å². The lowest BCUT2D eigenvalue weighted by atomic mass is 9.93. The summed E-state index contributed by atoms with van der Waals surface area (Å²) < 4.78 is 46.5. The molecule has 0 aromatic carbocycles. The molecule has 0 bridgehead atoms. The third kappa shape index (κ3) is 12.7. The second kappa shape index (κ2) is 24.0. The van der Waals surface area contributed by atoms with E-state index in [9.17, 15) is 85.9 Å². The number of ether oxygens (including phenoxy) is 8. The van der Waals surface area contributed by atoms with Crippen molar-refractivity contribution in [3.05, 3.63) is 0 Å². The Morgan fingerprint density at radius 1 is 0.562 bits per heavy atom. The van der Waals surface area contributed by atoms with Gasteiger partial charge < -0.3 is 125 Å². The van der Waals surface area contributed by atoms with Gasteiger partial charge in [0.1, 0.15) is 110 Å². The summed E-state index contributed by atoms with van der Waals surface area (Å²) in [4.78, 5) is 37.2. The van der Waals surface area contributed by atoms with Gasteiger partial charge in [-0.25, -0.2) is 0 Å². The minimum Gasteiger partial charge on any atom is -0.394 e. The largest absolute Gasteiger partial charge is 0.394 e. The molecule has 17 N–H and O–H groups in total. The molecule has 0 aromatic rings. The number of hydrogen-bond donors (Lipinski definition) is 17. The molecule has 4 heterocycles. The summed E-state index contributed by atoms with van der Waals surface area (Å²) in [5.41, 5.74) is 0. The molecule has 372 valence electrons. The molecule has 64 heavy (non-hydrogen) atoms. The molecule has 24 atom stereocenters. The van der Waals surface area contributed by atoms with Crippen LogP contribution in [0.2, 0.25) is 0 Å². The van der Waals surface area contributed by atoms with Crippen molar-refractivity contribution in [2.75, 3.05) is 33.0 Å². The van der Waals surface area contributed by atoms with E-state index in [1.165, 1.54) is 6.92 Å². The molecule has 3 amide bonds. The second-order valence-corrected chi connectivity index (χ2v) is 15.9. The van der Waals surface area contributed by atoms with E-state index in [1.54, 1.807) is 0 Å². The maximum absolute atomic E-state index is 12.8. The lowest BCUT2D eigenvalue weighted by Gasteiger charge is -2.50. The lowest BCUT2D eigenvalue weighted by Crippen LogP contribution is -2.71. The molecule has 4 fully saturated rings. The minimum absolute atomic E-state index is 0.757. The average Bonchev–Trinajstić information content (AvgIpc) is 3.25. The van der Waals surface area contributed by atoms with Crippen LogP contribution in [0.25, 0.3) is 0 Å². The summed E-state index contributed by atoms with van der Waals surface area (Å²) in [5.74, 6) is -2.35. The lowest BCUT2D eigenvalue weighted by molar-refractivity contribution is -0.367. The van der Waals surface area contributed by atoms with E-state index < -0.39 is 198 Å². The zero-order valence-electron chi connectivity index (χ0n) is 35.1. The molecule has 0 saturated carbocycles. The minimum atomic E-state index is -2.22. The number of rotatable bonds is 19. The first-order valence-electron chi connectivity index (χ1n) is 20.4. The Bertz CT molecular complexity index is 1490. The fourth-order valence-electron chi connectivity index (χ4n) is 7.68. The first-order valence-corrected chi connectivity index (χ1v) is 20.4. The van der Waals surface area contributed by atoms with Crippen LogP contribution < -0.4 is 16.0 Å². The predicted octanol–water partition coefficient (Wildman–Crippen LogP) is -10.8. The van der Waals surface area contributed by atoms with Crippen LogP contribution in [0, 0.1) is 0 Å². The number of hydrogen-bond acceptors (Lipinski definition) is 25. The molecular formula is C36H63N3O25. The highest BCUT2D eigenvalue weighted by molar-refractivity contribution is 5.74. The Balaban J connectivity index is 1.71. The van der Waals surface area contributed by atoms with Gasteiger partial charge in [0.25, 0.3) is 0 Å². The van der Waals surface area contributed by atoms with Crippen LogP contribution in [0.15, 0.2) is 0 Å². The van der Waals surface area contributed by atoms with Gasteiger partial charge in [-0.3, -0.25) is 14.4 Å². The molecule has 28 heteroatoms. The topological polar surface area (TPSA) is 444 Å². The van der Waals surface area contributed by atoms with Gasteiger partial charge in [0.15, 0.2) is 25.2 Å². The third-order valence-corrected chi connectivity index (χ3v) is 11.1. The van der Waals surface area contributed by atoms with E-state index >= 15 is 0 Å². The number of amides is 3. The molecule has 0 unspecified atom stereocenters. The van der Waals surface area contributed by atoms with E-state index in [0.29, 0.717) is 0 Å². The van der Waals surface area contributed by atoms with E-state index in [1.807, 2.05) is 0 Å². The SMILES string of the molecule is CC(=O)N[C@H]1[C@H](O[C@@H]2[C@@H](NC(C)=O)[C@H](OC[C@@H](O)[C@H](O)[C@H](O[C@@H]3O[C@H](CO)[C@H](O)[C@H](O)[C@H]3O)[C@H](CO)NC(C)=O)O[C@H](CO)[C@H]2O[C@H]2O[C@H](C)[C@H](O)[C@H](O)[C@H]2O)O[C@H](CO)[C@@H](O)[C@@H]1O. The zero-order valence-corrected chi connectivity index (χ0v) is 35.1. The Morgan fingerprint density at radius 2 is 1.06 bits per heavy atom. The second-order valence-electron chi connectivity index (χ2n) is 15.9. The number of carbonyl (C=O) groups excluding carboxylic acids is 3. The maximum atomic E-state index is 12.8. The summed E-state index contributed by atoms with van der Waals surface area (Å²) in [5, 5.41) is 155. The van der Waals surface area contributed by atoms with Gasteiger partial charge in [0, 0.05) is 20.8 Å². The molecule has 4 aliphatic heterocycles. The predicted molar refractivity (Wildman–Crippen MR) is 202 cm³/mol. The van der Waals surface area contributed by atoms with E-state index in [0.717, 1.165) is 20.8 Å². The van der Waals surface area contributed by atoms with Gasteiger partial charge in [-0.1, -0.05) is 0 Å². The summed E-state index contributed by atoms with van der Waals surface area (Å²) in [6.45, 7) is -0.280. The van der Waals surface area contributed by atoms with Crippen LogP contribution in [0.3, 0.4) is 0 Å². The van der Waals surface area contributed by atoms with Crippen molar-refractivity contribution in [2.24, 2.45) is 0 Å². The summed E-state index contributed by atoms with van der Waals surface area (Å²) in [6, 6.07) is -4.88. The van der Waals surface area contributed by atoms with Gasteiger partial charge in [0.05, 0.1) is 45.2 Å². The van der Waals surface area contributed by atoms with Crippen molar-refractivity contribution in [1.29, 1.82) is 0 Å². The van der Waals surface area contributed by atoms with Crippen LogP contribution in [0.4, 0.5) is 0 Å². The summed E-state index contributed by atoms with van der Waals surface area (Å²) in [7, 11) is 0. The van der Waals surface area contributed by atoms with E-state index in [2.05, 4.69) is 16.0 Å². The normalized spacial score (nSPS) is 42.5. The maximum Gasteiger partial charge on any atom is 0.217 e. The highest BCUT2D eigenvalue weighted by atomic mass is 16.8. The van der Waals surface area contributed by atoms with Crippen LogP contribution in [-0.2, 0) is 52.3 Å². The molecule has 4 rings (SSSR count). The van der Waals surface area contributed by atoms with Crippen LogP contribution in [-0.4, -0.2) is 269 Å². The van der Waals surface area contributed by atoms with Crippen molar-refractivity contribution in [3.8, 4) is 0 Å². The van der Waals surface area contributed by atoms with Gasteiger partial charge in [-0.15, -0.1) is 0 Å². The molecule has 4 saturated heterocycles.